The van der Waals surface area contributed by atoms with Crippen LogP contribution in [0.5, 0.6) is 5.75 Å². The van der Waals surface area contributed by atoms with Gasteiger partial charge in [-0.15, -0.1) is 0 Å². The summed E-state index contributed by atoms with van der Waals surface area (Å²) >= 11 is 0. The number of nitrogens with one attached hydrogen (secondary N) is 2. The molecule has 0 heterocycles. The van der Waals surface area contributed by atoms with E-state index < -0.39 is 6.04 Å². The number of ether oxygens (including phenoxy) is 1. The fraction of sp³-hybridized carbons (Fsp3) is 0.467. The molecule has 2 amide bonds. The summed E-state index contributed by atoms with van der Waals surface area (Å²) in [5.41, 5.74) is 2.12. The first-order valence-corrected chi connectivity index (χ1v) is 6.71. The van der Waals surface area contributed by atoms with E-state index >= 15 is 0 Å². The molecule has 0 saturated carbocycles. The second kappa shape index (κ2) is 7.53. The largest absolute Gasteiger partial charge is 0.483 e. The fourth-order valence-electron chi connectivity index (χ4n) is 1.70. The Kier molecular flexibility index (Phi) is 6.03. The average Bonchev–Trinajstić information content (AvgIpc) is 2.40. The van der Waals surface area contributed by atoms with Gasteiger partial charge in [-0.2, -0.15) is 0 Å². The lowest BCUT2D eigenvalue weighted by atomic mass is 10.1. The number of amides is 2. The van der Waals surface area contributed by atoms with E-state index in [2.05, 4.69) is 10.6 Å². The van der Waals surface area contributed by atoms with Crippen LogP contribution in [0.4, 0.5) is 0 Å². The lowest BCUT2D eigenvalue weighted by Gasteiger charge is -2.14. The molecule has 0 saturated heterocycles. The van der Waals surface area contributed by atoms with Crippen LogP contribution >= 0.6 is 0 Å². The van der Waals surface area contributed by atoms with Crippen molar-refractivity contribution in [2.24, 2.45) is 0 Å². The molecule has 0 radical (unpaired) electrons. The summed E-state index contributed by atoms with van der Waals surface area (Å²) in [5.74, 6) is 0.169. The van der Waals surface area contributed by atoms with Crippen LogP contribution in [0.3, 0.4) is 0 Å². The number of likely N-dealkylation sites (N-methyl/N-ethyl adjacent to an activating group) is 1. The zero-order valence-corrected chi connectivity index (χ0v) is 12.4. The number of carbonyl (C=O) groups excluding carboxylic acids is 2. The minimum atomic E-state index is -0.565. The van der Waals surface area contributed by atoms with E-state index in [1.165, 1.54) is 0 Å². The van der Waals surface area contributed by atoms with Crippen LogP contribution in [0, 0.1) is 13.8 Å². The van der Waals surface area contributed by atoms with Crippen molar-refractivity contribution in [2.45, 2.75) is 33.7 Å². The first kappa shape index (κ1) is 16.0. The molecule has 5 nitrogen and oxygen atoms in total. The molecule has 1 aromatic carbocycles. The van der Waals surface area contributed by atoms with Crippen molar-refractivity contribution in [3.05, 3.63) is 29.3 Å². The number of aryl methyl sites for hydroxylation is 1. The van der Waals surface area contributed by atoms with E-state index in [0.29, 0.717) is 12.3 Å². The number of carbonyl (C=O) groups is 2. The summed E-state index contributed by atoms with van der Waals surface area (Å²) in [4.78, 5) is 23.2. The summed E-state index contributed by atoms with van der Waals surface area (Å²) < 4.78 is 5.48. The monoisotopic (exact) mass is 278 g/mol. The van der Waals surface area contributed by atoms with Crippen LogP contribution in [0.2, 0.25) is 0 Å². The van der Waals surface area contributed by atoms with Crippen molar-refractivity contribution in [1.82, 2.24) is 10.6 Å². The predicted octanol–water partition coefficient (Wildman–Crippen LogP) is 1.32. The normalized spacial score (nSPS) is 11.6. The molecule has 0 aromatic heterocycles. The minimum absolute atomic E-state index is 0.103. The second-order valence-corrected chi connectivity index (χ2v) is 4.67. The molecule has 0 fully saturated rings. The first-order valence-electron chi connectivity index (χ1n) is 6.71. The summed E-state index contributed by atoms with van der Waals surface area (Å²) in [6.45, 7) is 7.84. The van der Waals surface area contributed by atoms with E-state index in [9.17, 15) is 9.59 Å². The maximum absolute atomic E-state index is 11.7. The zero-order chi connectivity index (χ0) is 15.1. The molecule has 0 unspecified atom stereocenters. The third-order valence-corrected chi connectivity index (χ3v) is 3.04. The maximum atomic E-state index is 11.7. The molecule has 0 spiro atoms. The van der Waals surface area contributed by atoms with Gasteiger partial charge in [-0.25, -0.2) is 0 Å². The Balaban J connectivity index is 2.47. The van der Waals surface area contributed by atoms with E-state index in [0.717, 1.165) is 11.1 Å². The maximum Gasteiger partial charge on any atom is 0.258 e. The SMILES string of the molecule is CCNC(=O)[C@H](C)NC(=O)COc1cccc(C)c1C. The fourth-order valence-corrected chi connectivity index (χ4v) is 1.70. The third-order valence-electron chi connectivity index (χ3n) is 3.04. The molecule has 1 atom stereocenters. The van der Waals surface area contributed by atoms with Gasteiger partial charge < -0.3 is 15.4 Å². The van der Waals surface area contributed by atoms with Crippen molar-refractivity contribution in [3.8, 4) is 5.75 Å². The van der Waals surface area contributed by atoms with Gasteiger partial charge in [0.1, 0.15) is 11.8 Å². The third kappa shape index (κ3) is 4.57. The molecule has 0 aliphatic rings. The molecule has 1 aromatic rings. The zero-order valence-electron chi connectivity index (χ0n) is 12.4. The van der Waals surface area contributed by atoms with E-state index in [1.807, 2.05) is 39.0 Å². The second-order valence-electron chi connectivity index (χ2n) is 4.67. The average molecular weight is 278 g/mol. The molecule has 0 bridgehead atoms. The van der Waals surface area contributed by atoms with E-state index in [1.54, 1.807) is 6.92 Å². The van der Waals surface area contributed by atoms with Gasteiger partial charge in [-0.05, 0) is 44.9 Å². The molecule has 110 valence electrons. The van der Waals surface area contributed by atoms with Crippen molar-refractivity contribution in [2.75, 3.05) is 13.2 Å². The Morgan fingerprint density at radius 1 is 1.30 bits per heavy atom. The Hall–Kier alpha value is -2.04. The van der Waals surface area contributed by atoms with Crippen molar-refractivity contribution < 1.29 is 14.3 Å². The van der Waals surface area contributed by atoms with Crippen LogP contribution in [0.1, 0.15) is 25.0 Å². The van der Waals surface area contributed by atoms with Gasteiger partial charge >= 0.3 is 0 Å². The van der Waals surface area contributed by atoms with Crippen LogP contribution in [-0.2, 0) is 9.59 Å². The Bertz CT molecular complexity index is 486. The summed E-state index contributed by atoms with van der Waals surface area (Å²) in [6, 6.07) is 5.12. The van der Waals surface area contributed by atoms with Crippen molar-refractivity contribution in [1.29, 1.82) is 0 Å². The summed E-state index contributed by atoms with van der Waals surface area (Å²) in [6.07, 6.45) is 0. The minimum Gasteiger partial charge on any atom is -0.483 e. The van der Waals surface area contributed by atoms with Crippen molar-refractivity contribution >= 4 is 11.8 Å². The highest BCUT2D eigenvalue weighted by Crippen LogP contribution is 2.20. The van der Waals surface area contributed by atoms with Crippen molar-refractivity contribution in [3.63, 3.8) is 0 Å². The van der Waals surface area contributed by atoms with Crippen LogP contribution in [0.15, 0.2) is 18.2 Å². The number of hydrogen-bond donors (Lipinski definition) is 2. The number of benzene rings is 1. The lowest BCUT2D eigenvalue weighted by molar-refractivity contribution is -0.129. The molecule has 20 heavy (non-hydrogen) atoms. The lowest BCUT2D eigenvalue weighted by Crippen LogP contribution is -2.46. The number of rotatable bonds is 6. The molecule has 0 aliphatic heterocycles. The van der Waals surface area contributed by atoms with E-state index in [4.69, 9.17) is 4.74 Å². The highest BCUT2D eigenvalue weighted by atomic mass is 16.5. The van der Waals surface area contributed by atoms with Crippen LogP contribution < -0.4 is 15.4 Å². The molecule has 0 aliphatic carbocycles. The van der Waals surface area contributed by atoms with Gasteiger partial charge in [0.2, 0.25) is 5.91 Å². The predicted molar refractivity (Wildman–Crippen MR) is 77.7 cm³/mol. The molecule has 1 rings (SSSR count). The van der Waals surface area contributed by atoms with Gasteiger partial charge in [-0.1, -0.05) is 12.1 Å². The number of hydrogen-bond acceptors (Lipinski definition) is 3. The highest BCUT2D eigenvalue weighted by molar-refractivity contribution is 5.87. The quantitative estimate of drug-likeness (QED) is 0.824. The van der Waals surface area contributed by atoms with Gasteiger partial charge in [0, 0.05) is 6.54 Å². The smallest absolute Gasteiger partial charge is 0.258 e. The van der Waals surface area contributed by atoms with Crippen LogP contribution in [0.25, 0.3) is 0 Å². The van der Waals surface area contributed by atoms with Gasteiger partial charge in [0.05, 0.1) is 0 Å². The summed E-state index contributed by atoms with van der Waals surface area (Å²) in [7, 11) is 0. The molecular weight excluding hydrogens is 256 g/mol. The van der Waals surface area contributed by atoms with Gasteiger partial charge in [0.25, 0.3) is 5.91 Å². The molecular formula is C15H22N2O3. The Morgan fingerprint density at radius 2 is 2.00 bits per heavy atom. The standard InChI is InChI=1S/C15H22N2O3/c1-5-16-15(19)12(4)17-14(18)9-20-13-8-6-7-10(2)11(13)3/h6-8,12H,5,9H2,1-4H3,(H,16,19)(H,17,18)/t12-/m0/s1. The summed E-state index contributed by atoms with van der Waals surface area (Å²) in [5, 5.41) is 5.24. The van der Waals surface area contributed by atoms with E-state index in [-0.39, 0.29) is 18.4 Å². The van der Waals surface area contributed by atoms with Gasteiger partial charge in [0.15, 0.2) is 6.61 Å². The topological polar surface area (TPSA) is 67.4 Å². The molecule has 5 heteroatoms. The highest BCUT2D eigenvalue weighted by Gasteiger charge is 2.15. The van der Waals surface area contributed by atoms with Crippen LogP contribution in [-0.4, -0.2) is 31.0 Å². The Labute approximate surface area is 119 Å². The first-order chi connectivity index (χ1) is 9.45. The van der Waals surface area contributed by atoms with Gasteiger partial charge in [-0.3, -0.25) is 9.59 Å². The molecule has 2 N–H and O–H groups in total. The Morgan fingerprint density at radius 3 is 2.65 bits per heavy atom.